The highest BCUT2D eigenvalue weighted by atomic mass is 127. The number of para-hydroxylation sites is 1. The van der Waals surface area contributed by atoms with E-state index in [1.54, 1.807) is 18.2 Å². The highest BCUT2D eigenvalue weighted by molar-refractivity contribution is 14.0. The Hall–Kier alpha value is -2.23. The number of guanidine groups is 1. The molecule has 31 heavy (non-hydrogen) atoms. The van der Waals surface area contributed by atoms with E-state index in [9.17, 15) is 9.50 Å². The van der Waals surface area contributed by atoms with Crippen molar-refractivity contribution in [3.8, 4) is 17.2 Å². The maximum absolute atomic E-state index is 14.4. The standard InChI is InChI=1S/C23H30FN3O3.HI/c1-4-25-23(26-13-18-6-5-7-21(29-3)22(18)28)27-15(2)17-10-11-20(19(24)12-17)30-14-16-8-9-16;/h5-7,10-12,15-16,28H,4,8-9,13-14H2,1-3H3,(H2,25,26,27);1H. The van der Waals surface area contributed by atoms with Crippen LogP contribution < -0.4 is 20.1 Å². The minimum atomic E-state index is -0.356. The van der Waals surface area contributed by atoms with E-state index < -0.39 is 0 Å². The number of hydrogen-bond acceptors (Lipinski definition) is 4. The number of ether oxygens (including phenoxy) is 2. The van der Waals surface area contributed by atoms with E-state index in [1.807, 2.05) is 26.0 Å². The second kappa shape index (κ2) is 12.0. The van der Waals surface area contributed by atoms with Crippen LogP contribution in [-0.2, 0) is 6.54 Å². The molecule has 3 N–H and O–H groups in total. The maximum atomic E-state index is 14.4. The molecular formula is C23H31FIN3O3. The molecule has 1 fully saturated rings. The van der Waals surface area contributed by atoms with Crippen LogP contribution in [0.2, 0.25) is 0 Å². The summed E-state index contributed by atoms with van der Waals surface area (Å²) in [7, 11) is 1.51. The molecule has 1 aliphatic rings. The van der Waals surface area contributed by atoms with E-state index in [-0.39, 0.29) is 48.1 Å². The average molecular weight is 543 g/mol. The van der Waals surface area contributed by atoms with Crippen molar-refractivity contribution < 1.29 is 19.0 Å². The van der Waals surface area contributed by atoms with Crippen molar-refractivity contribution in [1.29, 1.82) is 0 Å². The Bertz CT molecular complexity index is 890. The van der Waals surface area contributed by atoms with Crippen molar-refractivity contribution in [3.63, 3.8) is 0 Å². The Kier molecular flexibility index (Phi) is 9.67. The van der Waals surface area contributed by atoms with Crippen LogP contribution in [0, 0.1) is 11.7 Å². The molecule has 0 saturated heterocycles. The van der Waals surface area contributed by atoms with Gasteiger partial charge in [-0.1, -0.05) is 18.2 Å². The molecule has 6 nitrogen and oxygen atoms in total. The van der Waals surface area contributed by atoms with Crippen molar-refractivity contribution in [2.45, 2.75) is 39.3 Å². The lowest BCUT2D eigenvalue weighted by Gasteiger charge is -2.19. The number of phenolic OH excluding ortho intramolecular Hbond substituents is 1. The Labute approximate surface area is 200 Å². The van der Waals surface area contributed by atoms with Gasteiger partial charge in [0.1, 0.15) is 0 Å². The van der Waals surface area contributed by atoms with Crippen LogP contribution in [0.15, 0.2) is 41.4 Å². The zero-order valence-corrected chi connectivity index (χ0v) is 20.5. The second-order valence-corrected chi connectivity index (χ2v) is 7.47. The fourth-order valence-electron chi connectivity index (χ4n) is 3.03. The number of halogens is 2. The molecule has 1 aliphatic carbocycles. The first-order valence-electron chi connectivity index (χ1n) is 10.3. The molecule has 1 saturated carbocycles. The molecule has 1 atom stereocenters. The molecule has 0 radical (unpaired) electrons. The smallest absolute Gasteiger partial charge is 0.192 e. The third kappa shape index (κ3) is 7.15. The minimum Gasteiger partial charge on any atom is -0.504 e. The summed E-state index contributed by atoms with van der Waals surface area (Å²) in [6.07, 6.45) is 2.33. The molecule has 170 valence electrons. The lowest BCUT2D eigenvalue weighted by molar-refractivity contribution is 0.285. The van der Waals surface area contributed by atoms with Crippen molar-refractivity contribution >= 4 is 29.9 Å². The van der Waals surface area contributed by atoms with Gasteiger partial charge in [0, 0.05) is 12.1 Å². The van der Waals surface area contributed by atoms with Crippen LogP contribution in [0.5, 0.6) is 17.2 Å². The van der Waals surface area contributed by atoms with Crippen molar-refractivity contribution in [3.05, 3.63) is 53.3 Å². The van der Waals surface area contributed by atoms with Gasteiger partial charge in [-0.15, -0.1) is 24.0 Å². The van der Waals surface area contributed by atoms with Gasteiger partial charge < -0.3 is 25.2 Å². The minimum absolute atomic E-state index is 0. The molecule has 0 aliphatic heterocycles. The number of benzene rings is 2. The molecule has 0 amide bonds. The predicted molar refractivity (Wildman–Crippen MR) is 131 cm³/mol. The van der Waals surface area contributed by atoms with E-state index in [1.165, 1.54) is 26.0 Å². The van der Waals surface area contributed by atoms with Gasteiger partial charge in [0.25, 0.3) is 0 Å². The molecule has 8 heteroatoms. The monoisotopic (exact) mass is 543 g/mol. The molecule has 2 aromatic rings. The lowest BCUT2D eigenvalue weighted by atomic mass is 10.1. The highest BCUT2D eigenvalue weighted by Gasteiger charge is 2.22. The van der Waals surface area contributed by atoms with Crippen LogP contribution in [0.25, 0.3) is 0 Å². The molecule has 0 bridgehead atoms. The molecule has 0 heterocycles. The van der Waals surface area contributed by atoms with Gasteiger partial charge in [-0.25, -0.2) is 9.38 Å². The first kappa shape index (κ1) is 25.0. The summed E-state index contributed by atoms with van der Waals surface area (Å²) in [5, 5.41) is 16.7. The summed E-state index contributed by atoms with van der Waals surface area (Å²) in [5.74, 6) is 1.58. The molecule has 0 spiro atoms. The first-order valence-corrected chi connectivity index (χ1v) is 10.3. The number of aromatic hydroxyl groups is 1. The first-order chi connectivity index (χ1) is 14.5. The van der Waals surface area contributed by atoms with Gasteiger partial charge in [0.05, 0.1) is 26.3 Å². The molecular weight excluding hydrogens is 512 g/mol. The zero-order chi connectivity index (χ0) is 21.5. The zero-order valence-electron chi connectivity index (χ0n) is 18.2. The number of aliphatic imine (C=N–C) groups is 1. The fraction of sp³-hybridized carbons (Fsp3) is 0.435. The van der Waals surface area contributed by atoms with Crippen LogP contribution >= 0.6 is 24.0 Å². The van der Waals surface area contributed by atoms with E-state index in [2.05, 4.69) is 15.6 Å². The second-order valence-electron chi connectivity index (χ2n) is 7.47. The third-order valence-electron chi connectivity index (χ3n) is 5.03. The Morgan fingerprint density at radius 2 is 2.03 bits per heavy atom. The van der Waals surface area contributed by atoms with Crippen molar-refractivity contribution in [2.75, 3.05) is 20.3 Å². The number of methoxy groups -OCH3 is 1. The normalized spacial score (nSPS) is 14.4. The fourth-order valence-corrected chi connectivity index (χ4v) is 3.03. The number of hydrogen-bond donors (Lipinski definition) is 3. The number of nitrogens with one attached hydrogen (secondary N) is 2. The summed E-state index contributed by atoms with van der Waals surface area (Å²) < 4.78 is 25.1. The van der Waals surface area contributed by atoms with E-state index >= 15 is 0 Å². The maximum Gasteiger partial charge on any atom is 0.192 e. The van der Waals surface area contributed by atoms with Gasteiger partial charge in [-0.05, 0) is 56.4 Å². The van der Waals surface area contributed by atoms with E-state index in [0.29, 0.717) is 42.1 Å². The number of phenols is 1. The van der Waals surface area contributed by atoms with Crippen LogP contribution in [-0.4, -0.2) is 31.3 Å². The summed E-state index contributed by atoms with van der Waals surface area (Å²) in [6, 6.07) is 10.2. The summed E-state index contributed by atoms with van der Waals surface area (Å²) >= 11 is 0. The SMILES string of the molecule is CCNC(=NCc1cccc(OC)c1O)NC(C)c1ccc(OCC2CC2)c(F)c1.I. The van der Waals surface area contributed by atoms with Gasteiger partial charge in [0.15, 0.2) is 29.0 Å². The lowest BCUT2D eigenvalue weighted by Crippen LogP contribution is -2.38. The molecule has 1 unspecified atom stereocenters. The Balaban J connectivity index is 0.00000341. The van der Waals surface area contributed by atoms with Crippen molar-refractivity contribution in [1.82, 2.24) is 10.6 Å². The highest BCUT2D eigenvalue weighted by Crippen LogP contribution is 2.31. The summed E-state index contributed by atoms with van der Waals surface area (Å²) in [6.45, 7) is 5.43. The Morgan fingerprint density at radius 3 is 2.68 bits per heavy atom. The number of rotatable bonds is 9. The van der Waals surface area contributed by atoms with Crippen LogP contribution in [0.4, 0.5) is 4.39 Å². The predicted octanol–water partition coefficient (Wildman–Crippen LogP) is 4.76. The van der Waals surface area contributed by atoms with Gasteiger partial charge in [-0.2, -0.15) is 0 Å². The molecule has 0 aromatic heterocycles. The van der Waals surface area contributed by atoms with Crippen LogP contribution in [0.3, 0.4) is 0 Å². The van der Waals surface area contributed by atoms with Gasteiger partial charge in [0.2, 0.25) is 0 Å². The molecule has 3 rings (SSSR count). The topological polar surface area (TPSA) is 75.1 Å². The number of nitrogens with zero attached hydrogens (tertiary/aromatic N) is 1. The third-order valence-corrected chi connectivity index (χ3v) is 5.03. The Morgan fingerprint density at radius 1 is 1.26 bits per heavy atom. The quantitative estimate of drug-likeness (QED) is 0.242. The summed E-state index contributed by atoms with van der Waals surface area (Å²) in [5.41, 5.74) is 1.45. The largest absolute Gasteiger partial charge is 0.504 e. The van der Waals surface area contributed by atoms with Crippen molar-refractivity contribution in [2.24, 2.45) is 10.9 Å². The van der Waals surface area contributed by atoms with E-state index in [4.69, 9.17) is 9.47 Å². The average Bonchev–Trinajstić information content (AvgIpc) is 3.56. The van der Waals surface area contributed by atoms with Gasteiger partial charge >= 0.3 is 0 Å². The van der Waals surface area contributed by atoms with Crippen LogP contribution in [0.1, 0.15) is 43.9 Å². The molecule has 2 aromatic carbocycles. The van der Waals surface area contributed by atoms with Gasteiger partial charge in [-0.3, -0.25) is 0 Å². The van der Waals surface area contributed by atoms with E-state index in [0.717, 1.165) is 5.56 Å². The summed E-state index contributed by atoms with van der Waals surface area (Å²) in [4.78, 5) is 4.54.